The minimum Gasteiger partial charge on any atom is -0.294 e. The molecule has 0 aliphatic heterocycles. The van der Waals surface area contributed by atoms with Gasteiger partial charge in [0.25, 0.3) is 0 Å². The first kappa shape index (κ1) is 13.8. The monoisotopic (exact) mass is 291 g/mol. The van der Waals surface area contributed by atoms with E-state index in [4.69, 9.17) is 23.2 Å². The number of hydrogen-bond acceptors (Lipinski definition) is 3. The van der Waals surface area contributed by atoms with E-state index >= 15 is 0 Å². The average molecular weight is 292 g/mol. The van der Waals surface area contributed by atoms with E-state index in [9.17, 15) is 5.26 Å². The van der Waals surface area contributed by atoms with Gasteiger partial charge in [0.05, 0.1) is 16.1 Å². The van der Waals surface area contributed by atoms with Gasteiger partial charge >= 0.3 is 0 Å². The Hall–Kier alpha value is -1.60. The van der Waals surface area contributed by atoms with Gasteiger partial charge in [0.2, 0.25) is 0 Å². The molecule has 1 N–H and O–H groups in total. The molecule has 1 unspecified atom stereocenters. The number of pyridine rings is 1. The number of rotatable bonds is 4. The van der Waals surface area contributed by atoms with Crippen molar-refractivity contribution in [1.82, 2.24) is 10.3 Å². The Labute approximate surface area is 121 Å². The van der Waals surface area contributed by atoms with E-state index < -0.39 is 6.04 Å². The lowest BCUT2D eigenvalue weighted by atomic mass is 10.1. The van der Waals surface area contributed by atoms with Gasteiger partial charge < -0.3 is 0 Å². The molecule has 19 heavy (non-hydrogen) atoms. The van der Waals surface area contributed by atoms with Gasteiger partial charge in [-0.2, -0.15) is 5.26 Å². The largest absolute Gasteiger partial charge is 0.294 e. The number of halogens is 2. The van der Waals surface area contributed by atoms with Gasteiger partial charge in [0.15, 0.2) is 0 Å². The fourth-order valence-electron chi connectivity index (χ4n) is 1.65. The van der Waals surface area contributed by atoms with Crippen LogP contribution in [0.2, 0.25) is 10.0 Å². The summed E-state index contributed by atoms with van der Waals surface area (Å²) in [5.74, 6) is 0. The van der Waals surface area contributed by atoms with Crippen LogP contribution in [0.4, 0.5) is 0 Å². The molecular formula is C14H11Cl2N3. The van der Waals surface area contributed by atoms with E-state index in [0.29, 0.717) is 16.6 Å². The highest BCUT2D eigenvalue weighted by atomic mass is 35.5. The molecule has 0 spiro atoms. The van der Waals surface area contributed by atoms with Crippen molar-refractivity contribution in [2.45, 2.75) is 12.6 Å². The van der Waals surface area contributed by atoms with Crippen molar-refractivity contribution >= 4 is 23.2 Å². The Balaban J connectivity index is 2.08. The highest BCUT2D eigenvalue weighted by Crippen LogP contribution is 2.25. The zero-order valence-electron chi connectivity index (χ0n) is 9.98. The maximum atomic E-state index is 9.21. The molecule has 1 aromatic carbocycles. The highest BCUT2D eigenvalue weighted by Gasteiger charge is 2.11. The summed E-state index contributed by atoms with van der Waals surface area (Å²) in [6.45, 7) is 0.562. The third-order valence-electron chi connectivity index (χ3n) is 2.64. The number of benzene rings is 1. The zero-order valence-corrected chi connectivity index (χ0v) is 11.5. The molecule has 0 bridgehead atoms. The number of aromatic nitrogens is 1. The van der Waals surface area contributed by atoms with Crippen LogP contribution in [0.25, 0.3) is 0 Å². The van der Waals surface area contributed by atoms with Crippen LogP contribution in [-0.2, 0) is 6.54 Å². The van der Waals surface area contributed by atoms with Crippen molar-refractivity contribution < 1.29 is 0 Å². The topological polar surface area (TPSA) is 48.7 Å². The van der Waals surface area contributed by atoms with Crippen molar-refractivity contribution in [1.29, 1.82) is 5.26 Å². The number of nitriles is 1. The maximum absolute atomic E-state index is 9.21. The standard InChI is InChI=1S/C14H11Cl2N3/c15-12-4-3-11(6-13(12)16)14(7-17)19-9-10-2-1-5-18-8-10/h1-6,8,14,19H,9H2. The van der Waals surface area contributed by atoms with E-state index in [2.05, 4.69) is 16.4 Å². The predicted octanol–water partition coefficient (Wildman–Crippen LogP) is 3.74. The SMILES string of the molecule is N#CC(NCc1cccnc1)c1ccc(Cl)c(Cl)c1. The molecule has 0 aliphatic rings. The lowest BCUT2D eigenvalue weighted by Gasteiger charge is -2.12. The first-order valence-corrected chi connectivity index (χ1v) is 6.43. The molecule has 1 heterocycles. The zero-order chi connectivity index (χ0) is 13.7. The Morgan fingerprint density at radius 3 is 2.74 bits per heavy atom. The number of hydrogen-bond donors (Lipinski definition) is 1. The van der Waals surface area contributed by atoms with Crippen molar-refractivity contribution in [3.8, 4) is 6.07 Å². The van der Waals surface area contributed by atoms with Gasteiger partial charge in [-0.25, -0.2) is 0 Å². The van der Waals surface area contributed by atoms with Crippen LogP contribution >= 0.6 is 23.2 Å². The summed E-state index contributed by atoms with van der Waals surface area (Å²) in [7, 11) is 0. The molecule has 0 aliphatic carbocycles. The molecule has 96 valence electrons. The minimum atomic E-state index is -0.435. The molecule has 0 amide bonds. The van der Waals surface area contributed by atoms with Crippen LogP contribution in [0.1, 0.15) is 17.2 Å². The summed E-state index contributed by atoms with van der Waals surface area (Å²) in [5, 5.41) is 13.3. The smallest absolute Gasteiger partial charge is 0.121 e. The van der Waals surface area contributed by atoms with Crippen LogP contribution in [0.15, 0.2) is 42.7 Å². The Bertz CT molecular complexity index is 593. The molecular weight excluding hydrogens is 281 g/mol. The van der Waals surface area contributed by atoms with Crippen LogP contribution in [0, 0.1) is 11.3 Å². The summed E-state index contributed by atoms with van der Waals surface area (Å²) in [6.07, 6.45) is 3.47. The summed E-state index contributed by atoms with van der Waals surface area (Å²) in [4.78, 5) is 4.03. The maximum Gasteiger partial charge on any atom is 0.121 e. The summed E-state index contributed by atoms with van der Waals surface area (Å²) >= 11 is 11.8. The second-order valence-electron chi connectivity index (χ2n) is 3.98. The minimum absolute atomic E-state index is 0.435. The summed E-state index contributed by atoms with van der Waals surface area (Å²) < 4.78 is 0. The van der Waals surface area contributed by atoms with Crippen molar-refractivity contribution in [2.75, 3.05) is 0 Å². The number of nitrogens with one attached hydrogen (secondary N) is 1. The van der Waals surface area contributed by atoms with Gasteiger partial charge in [-0.15, -0.1) is 0 Å². The lowest BCUT2D eigenvalue weighted by molar-refractivity contribution is 0.629. The second kappa shape index (κ2) is 6.53. The molecule has 0 saturated heterocycles. The lowest BCUT2D eigenvalue weighted by Crippen LogP contribution is -2.19. The third-order valence-corrected chi connectivity index (χ3v) is 3.38. The van der Waals surface area contributed by atoms with Crippen LogP contribution in [0.3, 0.4) is 0 Å². The normalized spacial score (nSPS) is 11.8. The van der Waals surface area contributed by atoms with Crippen molar-refractivity contribution in [2.24, 2.45) is 0 Å². The van der Waals surface area contributed by atoms with E-state index in [1.54, 1.807) is 30.6 Å². The third kappa shape index (κ3) is 3.68. The Morgan fingerprint density at radius 2 is 2.11 bits per heavy atom. The fraction of sp³-hybridized carbons (Fsp3) is 0.143. The van der Waals surface area contributed by atoms with Gasteiger partial charge in [-0.3, -0.25) is 10.3 Å². The van der Waals surface area contributed by atoms with E-state index in [1.807, 2.05) is 12.1 Å². The fourth-order valence-corrected chi connectivity index (χ4v) is 1.96. The first-order chi connectivity index (χ1) is 9.20. The molecule has 0 fully saturated rings. The average Bonchev–Trinajstić information content (AvgIpc) is 2.44. The molecule has 1 atom stereocenters. The second-order valence-corrected chi connectivity index (χ2v) is 4.79. The molecule has 3 nitrogen and oxygen atoms in total. The van der Waals surface area contributed by atoms with Gasteiger partial charge in [0, 0.05) is 18.9 Å². The molecule has 0 radical (unpaired) electrons. The van der Waals surface area contributed by atoms with Crippen molar-refractivity contribution in [3.05, 3.63) is 63.9 Å². The molecule has 2 aromatic rings. The summed E-state index contributed by atoms with van der Waals surface area (Å²) in [5.41, 5.74) is 1.81. The number of nitrogens with zero attached hydrogens (tertiary/aromatic N) is 2. The van der Waals surface area contributed by atoms with E-state index in [-0.39, 0.29) is 0 Å². The predicted molar refractivity (Wildman–Crippen MR) is 75.9 cm³/mol. The quantitative estimate of drug-likeness (QED) is 0.933. The van der Waals surface area contributed by atoms with Crippen molar-refractivity contribution in [3.63, 3.8) is 0 Å². The summed E-state index contributed by atoms with van der Waals surface area (Å²) in [6, 6.07) is 10.8. The van der Waals surface area contributed by atoms with Crippen LogP contribution in [0.5, 0.6) is 0 Å². The van der Waals surface area contributed by atoms with Crippen LogP contribution in [-0.4, -0.2) is 4.98 Å². The molecule has 1 aromatic heterocycles. The van der Waals surface area contributed by atoms with E-state index in [1.165, 1.54) is 0 Å². The van der Waals surface area contributed by atoms with Gasteiger partial charge in [0.1, 0.15) is 6.04 Å². The van der Waals surface area contributed by atoms with Crippen LogP contribution < -0.4 is 5.32 Å². The van der Waals surface area contributed by atoms with Gasteiger partial charge in [-0.1, -0.05) is 35.3 Å². The Kier molecular flexibility index (Phi) is 4.75. The highest BCUT2D eigenvalue weighted by molar-refractivity contribution is 6.42. The first-order valence-electron chi connectivity index (χ1n) is 5.67. The molecule has 5 heteroatoms. The van der Waals surface area contributed by atoms with E-state index in [0.717, 1.165) is 11.1 Å². The molecule has 2 rings (SSSR count). The van der Waals surface area contributed by atoms with Gasteiger partial charge in [-0.05, 0) is 29.3 Å². The molecule has 0 saturated carbocycles. The Morgan fingerprint density at radius 1 is 1.26 bits per heavy atom.